The van der Waals surface area contributed by atoms with Crippen molar-refractivity contribution in [1.29, 1.82) is 0 Å². The third-order valence-corrected chi connectivity index (χ3v) is 3.90. The fourth-order valence-electron chi connectivity index (χ4n) is 2.13. The van der Waals surface area contributed by atoms with Crippen molar-refractivity contribution in [1.82, 2.24) is 5.01 Å². The molecule has 0 radical (unpaired) electrons. The van der Waals surface area contributed by atoms with Gasteiger partial charge in [-0.3, -0.25) is 4.79 Å². The second kappa shape index (κ2) is 4.83. The Morgan fingerprint density at radius 2 is 2.37 bits per heavy atom. The van der Waals surface area contributed by atoms with Gasteiger partial charge in [0.1, 0.15) is 11.8 Å². The predicted octanol–water partition coefficient (Wildman–Crippen LogP) is 3.69. The summed E-state index contributed by atoms with van der Waals surface area (Å²) < 4.78 is 5.41. The zero-order valence-electron chi connectivity index (χ0n) is 10.2. The first-order chi connectivity index (χ1) is 9.15. The van der Waals surface area contributed by atoms with Crippen molar-refractivity contribution in [3.05, 3.63) is 45.5 Å². The van der Waals surface area contributed by atoms with Crippen LogP contribution in [0.3, 0.4) is 0 Å². The molecule has 0 N–H and O–H groups in total. The van der Waals surface area contributed by atoms with E-state index < -0.39 is 0 Å². The third kappa shape index (κ3) is 2.31. The van der Waals surface area contributed by atoms with Gasteiger partial charge in [-0.15, -0.1) is 0 Å². The number of furan rings is 1. The molecule has 1 aliphatic rings. The van der Waals surface area contributed by atoms with Crippen LogP contribution in [0.25, 0.3) is 0 Å². The monoisotopic (exact) mass is 294 g/mol. The van der Waals surface area contributed by atoms with Gasteiger partial charge in [0, 0.05) is 18.9 Å². The van der Waals surface area contributed by atoms with E-state index in [1.807, 2.05) is 16.8 Å². The average molecular weight is 295 g/mol. The second-order valence-corrected chi connectivity index (χ2v) is 5.44. The summed E-state index contributed by atoms with van der Waals surface area (Å²) in [6, 6.07) is 5.26. The summed E-state index contributed by atoms with van der Waals surface area (Å²) in [4.78, 5) is 11.7. The van der Waals surface area contributed by atoms with Gasteiger partial charge in [-0.05, 0) is 40.6 Å². The molecule has 2 aromatic rings. The molecule has 0 saturated heterocycles. The largest absolute Gasteiger partial charge is 0.447 e. The number of hydrogen-bond donors (Lipinski definition) is 0. The topological polar surface area (TPSA) is 45.8 Å². The Hall–Kier alpha value is -1.59. The molecular formula is C13H11ClN2O2S. The summed E-state index contributed by atoms with van der Waals surface area (Å²) in [5, 5.41) is 10.2. The molecule has 1 aliphatic heterocycles. The Labute approximate surface area is 119 Å². The Morgan fingerprint density at radius 3 is 2.95 bits per heavy atom. The van der Waals surface area contributed by atoms with Gasteiger partial charge in [0.2, 0.25) is 5.91 Å². The molecule has 98 valence electrons. The molecule has 6 heteroatoms. The molecule has 3 rings (SSSR count). The Balaban J connectivity index is 1.93. The molecule has 3 heterocycles. The van der Waals surface area contributed by atoms with E-state index in [0.717, 1.165) is 11.3 Å². The standard InChI is InChI=1S/C13H11ClN2O2S/c1-8(17)16-11(12-2-3-13(14)18-12)6-10(15-16)9-4-5-19-7-9/h2-5,7,11H,6H2,1H3/t11-/m0/s1. The number of thiophene rings is 1. The molecule has 0 bridgehead atoms. The summed E-state index contributed by atoms with van der Waals surface area (Å²) in [5.74, 6) is 0.553. The van der Waals surface area contributed by atoms with Crippen molar-refractivity contribution in [2.45, 2.75) is 19.4 Å². The Morgan fingerprint density at radius 1 is 1.53 bits per heavy atom. The number of rotatable bonds is 2. The van der Waals surface area contributed by atoms with Crippen LogP contribution in [0.4, 0.5) is 0 Å². The van der Waals surface area contributed by atoms with Crippen molar-refractivity contribution in [2.24, 2.45) is 5.10 Å². The van der Waals surface area contributed by atoms with Gasteiger partial charge in [-0.2, -0.15) is 16.4 Å². The SMILES string of the molecule is CC(=O)N1N=C(c2ccsc2)C[C@H]1c1ccc(Cl)o1. The molecule has 1 atom stereocenters. The molecule has 0 saturated carbocycles. The lowest BCUT2D eigenvalue weighted by atomic mass is 10.1. The minimum atomic E-state index is -0.208. The molecule has 1 amide bonds. The lowest BCUT2D eigenvalue weighted by molar-refractivity contribution is -0.130. The average Bonchev–Trinajstić information content (AvgIpc) is 3.07. The molecule has 0 aliphatic carbocycles. The van der Waals surface area contributed by atoms with E-state index in [0.29, 0.717) is 17.4 Å². The fraction of sp³-hybridized carbons (Fsp3) is 0.231. The summed E-state index contributed by atoms with van der Waals surface area (Å²) >= 11 is 7.40. The normalized spacial score (nSPS) is 18.7. The summed E-state index contributed by atoms with van der Waals surface area (Å²) in [6.07, 6.45) is 0.639. The minimum absolute atomic E-state index is 0.109. The number of hydrazone groups is 1. The first-order valence-corrected chi connectivity index (χ1v) is 7.12. The van der Waals surface area contributed by atoms with Crippen molar-refractivity contribution in [2.75, 3.05) is 0 Å². The minimum Gasteiger partial charge on any atom is -0.447 e. The number of carbonyl (C=O) groups is 1. The van der Waals surface area contributed by atoms with Gasteiger partial charge in [-0.1, -0.05) is 0 Å². The molecule has 0 aromatic carbocycles. The van der Waals surface area contributed by atoms with Crippen LogP contribution in [0, 0.1) is 0 Å². The zero-order chi connectivity index (χ0) is 13.4. The molecule has 19 heavy (non-hydrogen) atoms. The van der Waals surface area contributed by atoms with E-state index in [4.69, 9.17) is 16.0 Å². The van der Waals surface area contributed by atoms with Gasteiger partial charge >= 0.3 is 0 Å². The maximum Gasteiger partial charge on any atom is 0.240 e. The van der Waals surface area contributed by atoms with E-state index in [9.17, 15) is 4.79 Å². The first-order valence-electron chi connectivity index (χ1n) is 5.80. The third-order valence-electron chi connectivity index (χ3n) is 3.01. The maximum atomic E-state index is 11.7. The van der Waals surface area contributed by atoms with Crippen molar-refractivity contribution in [3.63, 3.8) is 0 Å². The van der Waals surface area contributed by atoms with Gasteiger partial charge in [0.25, 0.3) is 0 Å². The predicted molar refractivity (Wildman–Crippen MR) is 74.5 cm³/mol. The van der Waals surface area contributed by atoms with Crippen LogP contribution in [0.15, 0.2) is 38.5 Å². The fourth-order valence-corrected chi connectivity index (χ4v) is 2.95. The van der Waals surface area contributed by atoms with Gasteiger partial charge in [0.05, 0.1) is 5.71 Å². The molecule has 4 nitrogen and oxygen atoms in total. The number of carbonyl (C=O) groups excluding carboxylic acids is 1. The number of nitrogens with zero attached hydrogens (tertiary/aromatic N) is 2. The van der Waals surface area contributed by atoms with Crippen LogP contribution in [0.2, 0.25) is 5.22 Å². The maximum absolute atomic E-state index is 11.7. The molecule has 0 unspecified atom stereocenters. The van der Waals surface area contributed by atoms with Crippen molar-refractivity contribution >= 4 is 34.6 Å². The van der Waals surface area contributed by atoms with E-state index in [1.165, 1.54) is 11.9 Å². The molecule has 2 aromatic heterocycles. The van der Waals surface area contributed by atoms with E-state index in [1.54, 1.807) is 23.5 Å². The van der Waals surface area contributed by atoms with Crippen LogP contribution in [-0.4, -0.2) is 16.6 Å². The van der Waals surface area contributed by atoms with E-state index in [2.05, 4.69) is 5.10 Å². The number of hydrogen-bond acceptors (Lipinski definition) is 4. The highest BCUT2D eigenvalue weighted by Gasteiger charge is 2.33. The number of halogens is 1. The highest BCUT2D eigenvalue weighted by atomic mass is 35.5. The van der Waals surface area contributed by atoms with Crippen LogP contribution < -0.4 is 0 Å². The van der Waals surface area contributed by atoms with E-state index >= 15 is 0 Å². The van der Waals surface area contributed by atoms with Gasteiger partial charge in [0.15, 0.2) is 5.22 Å². The van der Waals surface area contributed by atoms with Gasteiger partial charge < -0.3 is 4.42 Å². The quantitative estimate of drug-likeness (QED) is 0.848. The summed E-state index contributed by atoms with van der Waals surface area (Å²) in [7, 11) is 0. The number of amides is 1. The van der Waals surface area contributed by atoms with Crippen LogP contribution in [0.5, 0.6) is 0 Å². The lowest BCUT2D eigenvalue weighted by Gasteiger charge is -2.17. The smallest absolute Gasteiger partial charge is 0.240 e. The zero-order valence-corrected chi connectivity index (χ0v) is 11.7. The Bertz CT molecular complexity index is 633. The first kappa shape index (κ1) is 12.4. The summed E-state index contributed by atoms with van der Waals surface area (Å²) in [5.41, 5.74) is 1.95. The Kier molecular flexibility index (Phi) is 3.16. The molecule has 0 fully saturated rings. The van der Waals surface area contributed by atoms with E-state index in [-0.39, 0.29) is 11.9 Å². The van der Waals surface area contributed by atoms with Crippen molar-refractivity contribution in [3.8, 4) is 0 Å². The van der Waals surface area contributed by atoms with Crippen molar-refractivity contribution < 1.29 is 9.21 Å². The second-order valence-electron chi connectivity index (χ2n) is 4.28. The van der Waals surface area contributed by atoms with Crippen LogP contribution in [-0.2, 0) is 4.79 Å². The lowest BCUT2D eigenvalue weighted by Crippen LogP contribution is -2.23. The van der Waals surface area contributed by atoms with Gasteiger partial charge in [-0.25, -0.2) is 5.01 Å². The van der Waals surface area contributed by atoms with Crippen LogP contribution in [0.1, 0.15) is 30.7 Å². The van der Waals surface area contributed by atoms with Crippen LogP contribution >= 0.6 is 22.9 Å². The summed E-state index contributed by atoms with van der Waals surface area (Å²) in [6.45, 7) is 1.50. The molecule has 0 spiro atoms. The highest BCUT2D eigenvalue weighted by Crippen LogP contribution is 2.34. The molecular weight excluding hydrogens is 284 g/mol. The highest BCUT2D eigenvalue weighted by molar-refractivity contribution is 7.08.